The van der Waals surface area contributed by atoms with E-state index in [1.807, 2.05) is 20.8 Å². The lowest BCUT2D eigenvalue weighted by Crippen LogP contribution is -2.17. The van der Waals surface area contributed by atoms with E-state index in [0.717, 1.165) is 25.7 Å². The lowest BCUT2D eigenvalue weighted by molar-refractivity contribution is -0.143. The zero-order valence-electron chi connectivity index (χ0n) is 13.0. The van der Waals surface area contributed by atoms with Crippen molar-refractivity contribution in [2.24, 2.45) is 0 Å². The van der Waals surface area contributed by atoms with Gasteiger partial charge in [-0.05, 0) is 33.6 Å². The van der Waals surface area contributed by atoms with Gasteiger partial charge in [0, 0.05) is 6.42 Å². The molecule has 0 spiro atoms. The molecule has 3 heteroatoms. The van der Waals surface area contributed by atoms with Crippen molar-refractivity contribution in [2.45, 2.75) is 90.6 Å². The molecule has 0 unspecified atom stereocenters. The molecular weight excluding hydrogens is 240 g/mol. The van der Waals surface area contributed by atoms with Gasteiger partial charge in [0.2, 0.25) is 0 Å². The maximum Gasteiger partial charge on any atom is 0.305 e. The first-order valence-corrected chi connectivity index (χ1v) is 7.83. The fourth-order valence-electron chi connectivity index (χ4n) is 2.12. The monoisotopic (exact) mass is 272 g/mol. The first-order chi connectivity index (χ1) is 8.95. The van der Waals surface area contributed by atoms with Crippen LogP contribution in [-0.2, 0) is 9.53 Å². The molecule has 114 valence electrons. The number of rotatable bonds is 12. The van der Waals surface area contributed by atoms with E-state index in [2.05, 4.69) is 0 Å². The van der Waals surface area contributed by atoms with Crippen LogP contribution in [0.15, 0.2) is 0 Å². The van der Waals surface area contributed by atoms with Crippen molar-refractivity contribution in [2.75, 3.05) is 6.61 Å². The van der Waals surface area contributed by atoms with Crippen LogP contribution in [0.1, 0.15) is 85.0 Å². The quantitative estimate of drug-likeness (QED) is 0.427. The Morgan fingerprint density at radius 1 is 0.947 bits per heavy atom. The Morgan fingerprint density at radius 3 is 1.89 bits per heavy atom. The second-order valence-corrected chi connectivity index (χ2v) is 5.95. The normalized spacial score (nSPS) is 11.6. The zero-order chi connectivity index (χ0) is 14.6. The maximum absolute atomic E-state index is 11.1. The van der Waals surface area contributed by atoms with Gasteiger partial charge in [-0.25, -0.2) is 0 Å². The molecule has 0 atom stereocenters. The number of aliphatic hydroxyl groups is 1. The van der Waals surface area contributed by atoms with Gasteiger partial charge >= 0.3 is 5.97 Å². The van der Waals surface area contributed by atoms with E-state index in [-0.39, 0.29) is 5.97 Å². The van der Waals surface area contributed by atoms with Gasteiger partial charge in [-0.3, -0.25) is 4.79 Å². The summed E-state index contributed by atoms with van der Waals surface area (Å²) >= 11 is 0. The Bertz CT molecular complexity index is 219. The van der Waals surface area contributed by atoms with E-state index in [1.54, 1.807) is 0 Å². The van der Waals surface area contributed by atoms with Crippen LogP contribution in [0.5, 0.6) is 0 Å². The lowest BCUT2D eigenvalue weighted by Gasteiger charge is -2.16. The van der Waals surface area contributed by atoms with Gasteiger partial charge in [-0.2, -0.15) is 0 Å². The molecule has 0 bridgehead atoms. The topological polar surface area (TPSA) is 46.5 Å². The molecular formula is C16H32O3. The van der Waals surface area contributed by atoms with Crippen LogP contribution in [0, 0.1) is 0 Å². The zero-order valence-corrected chi connectivity index (χ0v) is 13.0. The van der Waals surface area contributed by atoms with Gasteiger partial charge in [0.15, 0.2) is 0 Å². The summed E-state index contributed by atoms with van der Waals surface area (Å²) in [5.41, 5.74) is -0.507. The largest absolute Gasteiger partial charge is 0.466 e. The summed E-state index contributed by atoms with van der Waals surface area (Å²) in [6, 6.07) is 0. The van der Waals surface area contributed by atoms with Crippen molar-refractivity contribution in [3.8, 4) is 0 Å². The second kappa shape index (κ2) is 11.3. The molecule has 0 aromatic carbocycles. The Hall–Kier alpha value is -0.570. The van der Waals surface area contributed by atoms with Crippen LogP contribution < -0.4 is 0 Å². The Kier molecular flexibility index (Phi) is 10.9. The summed E-state index contributed by atoms with van der Waals surface area (Å²) in [6.07, 6.45) is 10.9. The second-order valence-electron chi connectivity index (χ2n) is 5.95. The molecule has 0 aliphatic heterocycles. The number of hydrogen-bond acceptors (Lipinski definition) is 3. The summed E-state index contributed by atoms with van der Waals surface area (Å²) in [7, 11) is 0. The highest BCUT2D eigenvalue weighted by molar-refractivity contribution is 5.69. The van der Waals surface area contributed by atoms with Crippen LogP contribution in [0.4, 0.5) is 0 Å². The molecule has 0 saturated carbocycles. The van der Waals surface area contributed by atoms with Crippen molar-refractivity contribution in [1.82, 2.24) is 0 Å². The predicted octanol–water partition coefficient (Wildman–Crippen LogP) is 4.22. The molecule has 3 nitrogen and oxygen atoms in total. The molecule has 0 aliphatic carbocycles. The van der Waals surface area contributed by atoms with Crippen LogP contribution in [0.3, 0.4) is 0 Å². The summed E-state index contributed by atoms with van der Waals surface area (Å²) < 4.78 is 4.88. The SMILES string of the molecule is CCOC(=O)CCCCCCCCCCC(C)(C)O. The molecule has 0 aromatic heterocycles. The number of carbonyl (C=O) groups is 1. The van der Waals surface area contributed by atoms with E-state index >= 15 is 0 Å². The standard InChI is InChI=1S/C16H32O3/c1-4-19-15(17)13-11-9-7-5-6-8-10-12-14-16(2,3)18/h18H,4-14H2,1-3H3. The Morgan fingerprint density at radius 2 is 1.42 bits per heavy atom. The third-order valence-electron chi connectivity index (χ3n) is 3.22. The van der Waals surface area contributed by atoms with Crippen LogP contribution in [0.25, 0.3) is 0 Å². The maximum atomic E-state index is 11.1. The molecule has 0 radical (unpaired) electrons. The Balaban J connectivity index is 3.13. The summed E-state index contributed by atoms with van der Waals surface area (Å²) in [5, 5.41) is 9.56. The smallest absolute Gasteiger partial charge is 0.305 e. The Labute approximate surface area is 118 Å². The molecule has 0 fully saturated rings. The lowest BCUT2D eigenvalue weighted by atomic mass is 9.99. The fourth-order valence-corrected chi connectivity index (χ4v) is 2.12. The van der Waals surface area contributed by atoms with Gasteiger partial charge in [-0.1, -0.05) is 44.9 Å². The van der Waals surface area contributed by atoms with Crippen molar-refractivity contribution in [1.29, 1.82) is 0 Å². The first kappa shape index (κ1) is 18.4. The van der Waals surface area contributed by atoms with Gasteiger partial charge < -0.3 is 9.84 Å². The molecule has 0 aliphatic rings. The minimum Gasteiger partial charge on any atom is -0.466 e. The minimum atomic E-state index is -0.507. The van der Waals surface area contributed by atoms with Crippen LogP contribution in [0.2, 0.25) is 0 Å². The minimum absolute atomic E-state index is 0.0610. The number of carbonyl (C=O) groups excluding carboxylic acids is 1. The number of ether oxygens (including phenoxy) is 1. The van der Waals surface area contributed by atoms with Crippen molar-refractivity contribution in [3.05, 3.63) is 0 Å². The summed E-state index contributed by atoms with van der Waals surface area (Å²) in [6.45, 7) is 6.08. The highest BCUT2D eigenvalue weighted by Crippen LogP contribution is 2.15. The predicted molar refractivity (Wildman–Crippen MR) is 79.1 cm³/mol. The highest BCUT2D eigenvalue weighted by Gasteiger charge is 2.10. The van der Waals surface area contributed by atoms with E-state index in [9.17, 15) is 9.90 Å². The van der Waals surface area contributed by atoms with Gasteiger partial charge in [0.1, 0.15) is 0 Å². The van der Waals surface area contributed by atoms with E-state index < -0.39 is 5.60 Å². The van der Waals surface area contributed by atoms with Gasteiger partial charge in [0.25, 0.3) is 0 Å². The average Bonchev–Trinajstić information content (AvgIpc) is 2.30. The molecule has 0 rings (SSSR count). The van der Waals surface area contributed by atoms with Gasteiger partial charge in [0.05, 0.1) is 12.2 Å². The number of esters is 1. The molecule has 19 heavy (non-hydrogen) atoms. The van der Waals surface area contributed by atoms with Gasteiger partial charge in [-0.15, -0.1) is 0 Å². The van der Waals surface area contributed by atoms with Crippen molar-refractivity contribution in [3.63, 3.8) is 0 Å². The van der Waals surface area contributed by atoms with E-state index in [0.29, 0.717) is 13.0 Å². The van der Waals surface area contributed by atoms with Crippen LogP contribution >= 0.6 is 0 Å². The van der Waals surface area contributed by atoms with Crippen molar-refractivity contribution < 1.29 is 14.6 Å². The van der Waals surface area contributed by atoms with Crippen LogP contribution in [-0.4, -0.2) is 23.3 Å². The molecule has 0 heterocycles. The molecule has 1 N–H and O–H groups in total. The van der Waals surface area contributed by atoms with Crippen molar-refractivity contribution >= 4 is 5.97 Å². The third-order valence-corrected chi connectivity index (χ3v) is 3.22. The van der Waals surface area contributed by atoms with E-state index in [4.69, 9.17) is 4.74 Å². The summed E-state index contributed by atoms with van der Waals surface area (Å²) in [4.78, 5) is 11.1. The molecule has 0 amide bonds. The average molecular weight is 272 g/mol. The first-order valence-electron chi connectivity index (χ1n) is 7.83. The highest BCUT2D eigenvalue weighted by atomic mass is 16.5. The summed E-state index contributed by atoms with van der Waals surface area (Å²) in [5.74, 6) is -0.0610. The van der Waals surface area contributed by atoms with E-state index in [1.165, 1.54) is 32.1 Å². The fraction of sp³-hybridized carbons (Fsp3) is 0.938. The molecule has 0 saturated heterocycles. The number of hydrogen-bond donors (Lipinski definition) is 1. The molecule has 0 aromatic rings. The third kappa shape index (κ3) is 15.4. The number of unbranched alkanes of at least 4 members (excludes halogenated alkanes) is 7.